The molecule has 0 aliphatic carbocycles. The molecule has 0 aliphatic heterocycles. The van der Waals surface area contributed by atoms with Gasteiger partial charge in [0.25, 0.3) is 0 Å². The molecular weight excluding hydrogens is 177 g/mol. The van der Waals surface area contributed by atoms with E-state index in [2.05, 4.69) is 0 Å². The quantitative estimate of drug-likeness (QED) is 0.380. The Labute approximate surface area is 108 Å². The van der Waals surface area contributed by atoms with Crippen molar-refractivity contribution in [2.24, 2.45) is 0 Å². The van der Waals surface area contributed by atoms with E-state index in [0.717, 1.165) is 0 Å². The van der Waals surface area contributed by atoms with Gasteiger partial charge < -0.3 is 0 Å². The van der Waals surface area contributed by atoms with Crippen LogP contribution in [0.15, 0.2) is 0 Å². The summed E-state index contributed by atoms with van der Waals surface area (Å²) in [4.78, 5) is 0. The minimum atomic E-state index is 0. The zero-order valence-corrected chi connectivity index (χ0v) is 1.78. The van der Waals surface area contributed by atoms with Gasteiger partial charge in [0, 0.05) is 22.4 Å². The van der Waals surface area contributed by atoms with Crippen LogP contribution in [0.5, 0.6) is 0 Å². The van der Waals surface area contributed by atoms with Crippen molar-refractivity contribution in [1.82, 2.24) is 0 Å². The maximum atomic E-state index is 0. The summed E-state index contributed by atoms with van der Waals surface area (Å²) in [6.07, 6.45) is 0. The van der Waals surface area contributed by atoms with Crippen molar-refractivity contribution in [2.75, 3.05) is 0 Å². The summed E-state index contributed by atoms with van der Waals surface area (Å²) >= 11 is 0. The van der Waals surface area contributed by atoms with E-state index in [-0.39, 0.29) is 111 Å². The van der Waals surface area contributed by atoms with Crippen LogP contribution in [0, 0.1) is 0 Å². The number of hydrogen-bond acceptors (Lipinski definition) is 0. The second-order valence-corrected chi connectivity index (χ2v) is 0. The Morgan fingerprint density at radius 1 is 0.500 bits per heavy atom. The fourth-order valence-corrected chi connectivity index (χ4v) is 0. The minimum absolute atomic E-state index is 0. The van der Waals surface area contributed by atoms with E-state index < -0.39 is 0 Å². The molecule has 0 nitrogen and oxygen atoms in total. The zero-order valence-electron chi connectivity index (χ0n) is 0.302. The van der Waals surface area contributed by atoms with E-state index in [4.69, 9.17) is 0 Å². The molecule has 0 saturated carbocycles. The molecule has 0 heterocycles. The van der Waals surface area contributed by atoms with Crippen LogP contribution in [0.4, 0.5) is 0 Å². The van der Waals surface area contributed by atoms with E-state index in [1.165, 1.54) is 0 Å². The van der Waals surface area contributed by atoms with Crippen molar-refractivity contribution in [1.29, 1.82) is 0 Å². The SMILES string of the molecule is [Ag].[NaH].[NaH].[NaH]. The normalized spacial score (nSPS) is 0. The van der Waals surface area contributed by atoms with Crippen LogP contribution in [-0.4, -0.2) is 88.7 Å². The summed E-state index contributed by atoms with van der Waals surface area (Å²) in [6.45, 7) is 0. The second-order valence-electron chi connectivity index (χ2n) is 0. The average Bonchev–Trinajstić information content (AvgIpc) is 0. The van der Waals surface area contributed by atoms with E-state index in [1.807, 2.05) is 0 Å². The Kier molecular flexibility index (Phi) is 99.8. The molecule has 0 bridgehead atoms. The van der Waals surface area contributed by atoms with Gasteiger partial charge in [-0.3, -0.25) is 0 Å². The van der Waals surface area contributed by atoms with Gasteiger partial charge in [0.15, 0.2) is 0 Å². The van der Waals surface area contributed by atoms with Gasteiger partial charge in [-0.05, 0) is 0 Å². The molecule has 0 aromatic rings. The maximum absolute atomic E-state index is 0. The molecule has 4 heteroatoms. The molecule has 0 aliphatic rings. The number of hydrogen-bond donors (Lipinski definition) is 0. The molecule has 17 valence electrons. The van der Waals surface area contributed by atoms with Gasteiger partial charge in [0.05, 0.1) is 0 Å². The monoisotopic (exact) mass is 179 g/mol. The van der Waals surface area contributed by atoms with E-state index in [9.17, 15) is 0 Å². The van der Waals surface area contributed by atoms with Crippen LogP contribution in [0.3, 0.4) is 0 Å². The molecule has 0 aromatic carbocycles. The molecule has 1 radical (unpaired) electrons. The predicted molar refractivity (Wildman–Crippen MR) is 21.4 cm³/mol. The summed E-state index contributed by atoms with van der Waals surface area (Å²) in [7, 11) is 0. The molecule has 0 amide bonds. The summed E-state index contributed by atoms with van der Waals surface area (Å²) in [5.74, 6) is 0. The molecule has 0 N–H and O–H groups in total. The van der Waals surface area contributed by atoms with Crippen LogP contribution in [-0.2, 0) is 22.4 Å². The van der Waals surface area contributed by atoms with Crippen LogP contribution >= 0.6 is 0 Å². The fourth-order valence-electron chi connectivity index (χ4n) is 0. The molecule has 0 rings (SSSR count). The van der Waals surface area contributed by atoms with Gasteiger partial charge in [-0.2, -0.15) is 0 Å². The average molecular weight is 180 g/mol. The summed E-state index contributed by atoms with van der Waals surface area (Å²) in [5, 5.41) is 0. The first-order valence-electron chi connectivity index (χ1n) is 0. The molecule has 4 heavy (non-hydrogen) atoms. The Hall–Kier alpha value is 3.74. The first kappa shape index (κ1) is 25.1. The topological polar surface area (TPSA) is 0 Å². The predicted octanol–water partition coefficient (Wildman–Crippen LogP) is -1.95. The molecule has 0 unspecified atom stereocenters. The van der Waals surface area contributed by atoms with Gasteiger partial charge in [0.2, 0.25) is 0 Å². The van der Waals surface area contributed by atoms with Gasteiger partial charge in [-0.1, -0.05) is 0 Å². The third kappa shape index (κ3) is 9.22. The van der Waals surface area contributed by atoms with E-state index >= 15 is 0 Å². The first-order valence-corrected chi connectivity index (χ1v) is 0. The molecule has 0 aromatic heterocycles. The summed E-state index contributed by atoms with van der Waals surface area (Å²) in [6, 6.07) is 0. The van der Waals surface area contributed by atoms with Crippen molar-refractivity contribution in [3.8, 4) is 0 Å². The standard InChI is InChI=1S/Ag.3Na.3H. The van der Waals surface area contributed by atoms with Crippen LogP contribution < -0.4 is 0 Å². The summed E-state index contributed by atoms with van der Waals surface area (Å²) in [5.41, 5.74) is 0. The van der Waals surface area contributed by atoms with Crippen LogP contribution in [0.1, 0.15) is 0 Å². The van der Waals surface area contributed by atoms with Gasteiger partial charge in [-0.15, -0.1) is 0 Å². The molecule has 0 saturated heterocycles. The summed E-state index contributed by atoms with van der Waals surface area (Å²) < 4.78 is 0. The van der Waals surface area contributed by atoms with Crippen LogP contribution in [0.2, 0.25) is 0 Å². The second kappa shape index (κ2) is 15.9. The molecule has 0 atom stereocenters. The molecular formula is H3AgNa3. The van der Waals surface area contributed by atoms with Crippen molar-refractivity contribution in [3.63, 3.8) is 0 Å². The fraction of sp³-hybridized carbons (Fsp3) is 0. The zero-order chi connectivity index (χ0) is 0. The Morgan fingerprint density at radius 3 is 0.500 bits per heavy atom. The molecule has 0 spiro atoms. The number of rotatable bonds is 0. The Bertz CT molecular complexity index is 3.25. The molecule has 0 fully saturated rings. The van der Waals surface area contributed by atoms with E-state index in [1.54, 1.807) is 0 Å². The van der Waals surface area contributed by atoms with Crippen molar-refractivity contribution >= 4 is 88.7 Å². The first-order chi connectivity index (χ1) is 0. The van der Waals surface area contributed by atoms with Gasteiger partial charge >= 0.3 is 88.7 Å². The third-order valence-corrected chi connectivity index (χ3v) is 0. The van der Waals surface area contributed by atoms with Gasteiger partial charge in [-0.25, -0.2) is 0 Å². The van der Waals surface area contributed by atoms with E-state index in [0.29, 0.717) is 0 Å². The Morgan fingerprint density at radius 2 is 0.500 bits per heavy atom. The van der Waals surface area contributed by atoms with Crippen molar-refractivity contribution < 1.29 is 22.4 Å². The van der Waals surface area contributed by atoms with Crippen molar-refractivity contribution in [3.05, 3.63) is 0 Å². The van der Waals surface area contributed by atoms with Crippen molar-refractivity contribution in [2.45, 2.75) is 0 Å². The third-order valence-electron chi connectivity index (χ3n) is 0. The Balaban J connectivity index is 0. The van der Waals surface area contributed by atoms with Crippen LogP contribution in [0.25, 0.3) is 0 Å². The van der Waals surface area contributed by atoms with Gasteiger partial charge in [0.1, 0.15) is 0 Å².